The number of rotatable bonds is 7. The molecule has 0 unspecified atom stereocenters. The summed E-state index contributed by atoms with van der Waals surface area (Å²) in [7, 11) is 5.36. The highest BCUT2D eigenvalue weighted by atomic mass is 16.6. The van der Waals surface area contributed by atoms with E-state index in [1.807, 2.05) is 13.1 Å². The third-order valence-electron chi connectivity index (χ3n) is 11.0. The predicted octanol–water partition coefficient (Wildman–Crippen LogP) is 4.09. The first-order valence-corrected chi connectivity index (χ1v) is 14.1. The smallest absolute Gasteiger partial charge is 0.252 e. The molecule has 2 saturated carbocycles. The highest BCUT2D eigenvalue weighted by molar-refractivity contribution is 5.97. The Morgan fingerprint density at radius 1 is 1.18 bits per heavy atom. The molecule has 5 aliphatic carbocycles. The van der Waals surface area contributed by atoms with Crippen LogP contribution in [-0.4, -0.2) is 67.8 Å². The van der Waals surface area contributed by atoms with Gasteiger partial charge in [-0.3, -0.25) is 9.69 Å². The minimum absolute atomic E-state index is 0.0195. The number of fused-ring (bicyclic) bond motifs is 1. The van der Waals surface area contributed by atoms with Gasteiger partial charge in [0.25, 0.3) is 5.91 Å². The number of carbonyl (C=O) groups is 1. The first-order chi connectivity index (χ1) is 18.5. The lowest BCUT2D eigenvalue weighted by atomic mass is 9.37. The number of hydrogen-bond acceptors (Lipinski definition) is 6. The van der Waals surface area contributed by atoms with Crippen molar-refractivity contribution < 1.29 is 23.4 Å². The van der Waals surface area contributed by atoms with Crippen molar-refractivity contribution in [3.63, 3.8) is 0 Å². The fourth-order valence-electron chi connectivity index (χ4n) is 9.18. The van der Waals surface area contributed by atoms with Crippen LogP contribution in [0.25, 0.3) is 0 Å². The van der Waals surface area contributed by atoms with E-state index in [0.29, 0.717) is 12.6 Å². The number of amides is 1. The fourth-order valence-corrected chi connectivity index (χ4v) is 9.18. The Kier molecular flexibility index (Phi) is 4.67. The van der Waals surface area contributed by atoms with Crippen LogP contribution in [0.15, 0.2) is 46.8 Å². The minimum Gasteiger partial charge on any atom is -0.493 e. The van der Waals surface area contributed by atoms with E-state index in [1.165, 1.54) is 30.5 Å². The molecule has 9 rings (SSSR count). The molecule has 7 nitrogen and oxygen atoms in total. The molecule has 5 atom stereocenters. The molecule has 1 aromatic heterocycles. The van der Waals surface area contributed by atoms with Gasteiger partial charge in [-0.1, -0.05) is 12.1 Å². The fraction of sp³-hybridized carbons (Fsp3) is 0.581. The zero-order valence-electron chi connectivity index (χ0n) is 22.5. The lowest BCUT2D eigenvalue weighted by Crippen LogP contribution is -2.78. The molecule has 2 aliphatic heterocycles. The molecule has 7 aliphatic rings. The quantitative estimate of drug-likeness (QED) is 0.553. The van der Waals surface area contributed by atoms with Crippen molar-refractivity contribution in [1.29, 1.82) is 0 Å². The molecule has 3 heterocycles. The van der Waals surface area contributed by atoms with Gasteiger partial charge in [-0.05, 0) is 68.7 Å². The van der Waals surface area contributed by atoms with Crippen molar-refractivity contribution in [3.8, 4) is 11.5 Å². The van der Waals surface area contributed by atoms with Gasteiger partial charge in [0.05, 0.1) is 25.1 Å². The van der Waals surface area contributed by atoms with Crippen LogP contribution in [0.4, 0.5) is 0 Å². The van der Waals surface area contributed by atoms with Gasteiger partial charge in [0.15, 0.2) is 11.5 Å². The Morgan fingerprint density at radius 2 is 2.05 bits per heavy atom. The number of likely N-dealkylation sites (N-methyl/N-ethyl adjacent to an activating group) is 1. The molecule has 1 amide bonds. The van der Waals surface area contributed by atoms with E-state index >= 15 is 0 Å². The number of hydrogen-bond donors (Lipinski definition) is 0. The zero-order chi connectivity index (χ0) is 25.9. The molecule has 0 radical (unpaired) electrons. The number of piperidine rings is 1. The summed E-state index contributed by atoms with van der Waals surface area (Å²) in [6.07, 6.45) is 12.0. The maximum atomic E-state index is 14.3. The topological polar surface area (TPSA) is 64.4 Å². The highest BCUT2D eigenvalue weighted by Gasteiger charge is 2.79. The Balaban J connectivity index is 1.32. The summed E-state index contributed by atoms with van der Waals surface area (Å²) in [6.45, 7) is 2.72. The van der Waals surface area contributed by atoms with Crippen LogP contribution in [-0.2, 0) is 27.9 Å². The lowest BCUT2D eigenvalue weighted by molar-refractivity contribution is -0.198. The van der Waals surface area contributed by atoms with E-state index in [4.69, 9.17) is 18.6 Å². The van der Waals surface area contributed by atoms with Crippen LogP contribution in [0.3, 0.4) is 0 Å². The first-order valence-electron chi connectivity index (χ1n) is 14.1. The molecule has 200 valence electrons. The maximum Gasteiger partial charge on any atom is 0.252 e. The molecule has 2 spiro atoms. The van der Waals surface area contributed by atoms with Gasteiger partial charge in [0.2, 0.25) is 0 Å². The number of ether oxygens (including phenoxy) is 3. The van der Waals surface area contributed by atoms with Crippen molar-refractivity contribution in [1.82, 2.24) is 9.80 Å². The summed E-state index contributed by atoms with van der Waals surface area (Å²) in [5.41, 5.74) is 3.29. The van der Waals surface area contributed by atoms with Gasteiger partial charge in [-0.25, -0.2) is 0 Å². The SMILES string of the molecule is COc1ccc2c3c1O[C@@H]1[C@]34CCN(CC3CC3)[C@H](C2)[C@@]42C=C(C(=O)N(C)Cc3ccoc3)[C@]1(OC)CC2. The van der Waals surface area contributed by atoms with Gasteiger partial charge in [-0.2, -0.15) is 0 Å². The van der Waals surface area contributed by atoms with E-state index in [0.717, 1.165) is 60.8 Å². The second-order valence-electron chi connectivity index (χ2n) is 12.5. The normalized spacial score (nSPS) is 35.9. The summed E-state index contributed by atoms with van der Waals surface area (Å²) in [5.74, 6) is 2.51. The Hall–Kier alpha value is -2.77. The standard InChI is InChI=1S/C31H36N2O5/c1-32(16-20-8-13-37-18-20)27(34)22-15-29-9-10-31(22,36-3)28-30(29)11-12-33(17-19-4-5-19)24(29)14-21-6-7-23(35-2)26(38-28)25(21)30/h6-8,13,15,18-19,24,28H,4-5,9-12,14,16-17H2,1-3H3/t24-,28-,29-,30+,31-/m1/s1. The average Bonchev–Trinajstić information content (AvgIpc) is 3.45. The zero-order valence-corrected chi connectivity index (χ0v) is 22.5. The summed E-state index contributed by atoms with van der Waals surface area (Å²) in [4.78, 5) is 18.8. The second kappa shape index (κ2) is 7.66. The number of carbonyl (C=O) groups excluding carboxylic acids is 1. The highest BCUT2D eigenvalue weighted by Crippen LogP contribution is 2.75. The third kappa shape index (κ3) is 2.65. The monoisotopic (exact) mass is 516 g/mol. The van der Waals surface area contributed by atoms with Crippen molar-refractivity contribution in [2.24, 2.45) is 11.3 Å². The number of likely N-dealkylation sites (tertiary alicyclic amines) is 1. The van der Waals surface area contributed by atoms with Crippen LogP contribution in [0.2, 0.25) is 0 Å². The van der Waals surface area contributed by atoms with E-state index in [9.17, 15) is 4.79 Å². The molecule has 38 heavy (non-hydrogen) atoms. The molecule has 2 aromatic rings. The number of furan rings is 1. The van der Waals surface area contributed by atoms with Crippen LogP contribution >= 0.6 is 0 Å². The van der Waals surface area contributed by atoms with E-state index < -0.39 is 5.60 Å². The van der Waals surface area contributed by atoms with Crippen molar-refractivity contribution in [2.75, 3.05) is 34.4 Å². The molecular weight excluding hydrogens is 480 g/mol. The number of nitrogens with zero attached hydrogens (tertiary/aromatic N) is 2. The van der Waals surface area contributed by atoms with Gasteiger partial charge >= 0.3 is 0 Å². The van der Waals surface area contributed by atoms with Crippen LogP contribution in [0.1, 0.15) is 48.8 Å². The molecule has 1 aromatic carbocycles. The molecule has 1 saturated heterocycles. The lowest BCUT2D eigenvalue weighted by Gasteiger charge is -2.70. The molecular formula is C31H36N2O5. The van der Waals surface area contributed by atoms with Gasteiger partial charge in [-0.15, -0.1) is 0 Å². The van der Waals surface area contributed by atoms with Gasteiger partial charge in [0.1, 0.15) is 11.7 Å². The van der Waals surface area contributed by atoms with E-state index in [2.05, 4.69) is 23.1 Å². The summed E-state index contributed by atoms with van der Waals surface area (Å²) in [5, 5.41) is 0. The van der Waals surface area contributed by atoms with Crippen molar-refractivity contribution in [3.05, 3.63) is 59.1 Å². The number of methoxy groups -OCH3 is 2. The van der Waals surface area contributed by atoms with Crippen molar-refractivity contribution >= 4 is 5.91 Å². The van der Waals surface area contributed by atoms with Gasteiger partial charge < -0.3 is 23.5 Å². The summed E-state index contributed by atoms with van der Waals surface area (Å²) < 4.78 is 24.6. The number of benzene rings is 1. The minimum atomic E-state index is -0.800. The van der Waals surface area contributed by atoms with Crippen molar-refractivity contribution in [2.45, 2.75) is 68.2 Å². The molecule has 0 N–H and O–H groups in total. The Labute approximate surface area is 223 Å². The third-order valence-corrected chi connectivity index (χ3v) is 11.0. The first kappa shape index (κ1) is 23.1. The summed E-state index contributed by atoms with van der Waals surface area (Å²) >= 11 is 0. The molecule has 4 bridgehead atoms. The molecule has 7 heteroatoms. The maximum absolute atomic E-state index is 14.3. The van der Waals surface area contributed by atoms with Crippen LogP contribution in [0, 0.1) is 11.3 Å². The van der Waals surface area contributed by atoms with E-state index in [-0.39, 0.29) is 22.8 Å². The van der Waals surface area contributed by atoms with Gasteiger partial charge in [0, 0.05) is 55.4 Å². The Morgan fingerprint density at radius 3 is 2.79 bits per heavy atom. The van der Waals surface area contributed by atoms with Crippen LogP contribution in [0.5, 0.6) is 11.5 Å². The molecule has 3 fully saturated rings. The van der Waals surface area contributed by atoms with E-state index in [1.54, 1.807) is 31.6 Å². The Bertz CT molecular complexity index is 1350. The van der Waals surface area contributed by atoms with Crippen LogP contribution < -0.4 is 9.47 Å². The average molecular weight is 517 g/mol. The largest absolute Gasteiger partial charge is 0.493 e. The second-order valence-corrected chi connectivity index (χ2v) is 12.5. The summed E-state index contributed by atoms with van der Waals surface area (Å²) in [6, 6.07) is 6.60. The predicted molar refractivity (Wildman–Crippen MR) is 140 cm³/mol.